The van der Waals surface area contributed by atoms with Gasteiger partial charge < -0.3 is 0 Å². The minimum absolute atomic E-state index is 0.565. The maximum absolute atomic E-state index is 4.66. The quantitative estimate of drug-likeness (QED) is 0.597. The van der Waals surface area contributed by atoms with Gasteiger partial charge in [-0.1, -0.05) is 13.8 Å². The van der Waals surface area contributed by atoms with Crippen molar-refractivity contribution in [2.75, 3.05) is 0 Å². The molecule has 0 amide bonds. The summed E-state index contributed by atoms with van der Waals surface area (Å²) in [5, 5.41) is 4.26. The zero-order chi connectivity index (χ0) is 10.4. The average Bonchev–Trinajstić information content (AvgIpc) is 2.79. The van der Waals surface area contributed by atoms with Gasteiger partial charge in [0.2, 0.25) is 0 Å². The molecule has 0 aliphatic rings. The Morgan fingerprint density at radius 3 is 2.00 bits per heavy atom. The lowest BCUT2D eigenvalue weighted by atomic mass is 10.0. The van der Waals surface area contributed by atoms with Crippen LogP contribution in [0.25, 0.3) is 20.4 Å². The number of hydrogen-bond donors (Lipinski definition) is 0. The van der Waals surface area contributed by atoms with Gasteiger partial charge in [0.25, 0.3) is 0 Å². The lowest BCUT2D eigenvalue weighted by molar-refractivity contribution is 0.888. The molecule has 0 spiro atoms. The van der Waals surface area contributed by atoms with Gasteiger partial charge in [-0.05, 0) is 34.4 Å². The van der Waals surface area contributed by atoms with Crippen molar-refractivity contribution in [1.29, 1.82) is 0 Å². The normalized spacial score (nSPS) is 11.9. The van der Waals surface area contributed by atoms with Crippen molar-refractivity contribution in [2.45, 2.75) is 19.8 Å². The zero-order valence-electron chi connectivity index (χ0n) is 8.65. The third kappa shape index (κ3) is 1.30. The third-order valence-electron chi connectivity index (χ3n) is 2.60. The fourth-order valence-electron chi connectivity index (χ4n) is 1.94. The van der Waals surface area contributed by atoms with Crippen LogP contribution in [0.15, 0.2) is 22.9 Å². The molecule has 3 aromatic heterocycles. The number of aromatic nitrogens is 1. The Labute approximate surface area is 96.4 Å². The van der Waals surface area contributed by atoms with E-state index in [9.17, 15) is 0 Å². The summed E-state index contributed by atoms with van der Waals surface area (Å²) in [6.45, 7) is 4.52. The first-order valence-electron chi connectivity index (χ1n) is 5.01. The van der Waals surface area contributed by atoms with Gasteiger partial charge in [-0.2, -0.15) is 0 Å². The van der Waals surface area contributed by atoms with Gasteiger partial charge in [0.1, 0.15) is 0 Å². The van der Waals surface area contributed by atoms with Crippen molar-refractivity contribution in [3.05, 3.63) is 28.5 Å². The first-order chi connectivity index (χ1) is 7.27. The summed E-state index contributed by atoms with van der Waals surface area (Å²) in [6.07, 6.45) is 0. The summed E-state index contributed by atoms with van der Waals surface area (Å²) in [4.78, 5) is 4.66. The zero-order valence-corrected chi connectivity index (χ0v) is 10.3. The molecule has 3 rings (SSSR count). The molecular formula is C12H11NS2. The molecule has 0 N–H and O–H groups in total. The minimum Gasteiger partial charge on any atom is -0.246 e. The van der Waals surface area contributed by atoms with Crippen LogP contribution in [0, 0.1) is 0 Å². The first-order valence-corrected chi connectivity index (χ1v) is 6.77. The second-order valence-electron chi connectivity index (χ2n) is 3.95. The lowest BCUT2D eigenvalue weighted by Gasteiger charge is -2.08. The molecule has 0 aromatic carbocycles. The van der Waals surface area contributed by atoms with E-state index in [1.807, 2.05) is 0 Å². The van der Waals surface area contributed by atoms with Gasteiger partial charge in [-0.15, -0.1) is 22.7 Å². The highest BCUT2D eigenvalue weighted by atomic mass is 32.1. The van der Waals surface area contributed by atoms with E-state index in [2.05, 4.69) is 41.7 Å². The molecular weight excluding hydrogens is 222 g/mol. The Hall–Kier alpha value is -0.930. The largest absolute Gasteiger partial charge is 0.246 e. The van der Waals surface area contributed by atoms with Gasteiger partial charge in [-0.3, -0.25) is 0 Å². The van der Waals surface area contributed by atoms with Crippen molar-refractivity contribution in [1.82, 2.24) is 4.98 Å². The van der Waals surface area contributed by atoms with Gasteiger partial charge in [-0.25, -0.2) is 4.98 Å². The van der Waals surface area contributed by atoms with Gasteiger partial charge in [0.05, 0.1) is 20.4 Å². The van der Waals surface area contributed by atoms with E-state index in [0.717, 1.165) is 11.0 Å². The molecule has 0 bridgehead atoms. The molecule has 3 heteroatoms. The molecule has 76 valence electrons. The molecule has 0 saturated carbocycles. The molecule has 3 heterocycles. The number of nitrogens with zero attached hydrogens (tertiary/aromatic N) is 1. The maximum Gasteiger partial charge on any atom is 0.0820 e. The molecule has 0 saturated heterocycles. The second kappa shape index (κ2) is 3.29. The number of fused-ring (bicyclic) bond motifs is 2. The molecule has 0 unspecified atom stereocenters. The van der Waals surface area contributed by atoms with Crippen LogP contribution in [0.4, 0.5) is 0 Å². The van der Waals surface area contributed by atoms with Crippen molar-refractivity contribution < 1.29 is 0 Å². The van der Waals surface area contributed by atoms with Crippen molar-refractivity contribution in [3.63, 3.8) is 0 Å². The first kappa shape index (κ1) is 9.31. The number of hydrogen-bond acceptors (Lipinski definition) is 3. The van der Waals surface area contributed by atoms with E-state index >= 15 is 0 Å². The van der Waals surface area contributed by atoms with Crippen LogP contribution in [0.3, 0.4) is 0 Å². The number of thiophene rings is 2. The highest BCUT2D eigenvalue weighted by Crippen LogP contribution is 2.36. The summed E-state index contributed by atoms with van der Waals surface area (Å²) < 4.78 is 2.72. The molecule has 0 atom stereocenters. The molecule has 0 fully saturated rings. The second-order valence-corrected chi connectivity index (χ2v) is 5.78. The highest BCUT2D eigenvalue weighted by Gasteiger charge is 2.13. The summed E-state index contributed by atoms with van der Waals surface area (Å²) >= 11 is 3.61. The topological polar surface area (TPSA) is 12.9 Å². The lowest BCUT2D eigenvalue weighted by Crippen LogP contribution is -1.89. The van der Waals surface area contributed by atoms with Crippen LogP contribution in [0.2, 0.25) is 0 Å². The van der Waals surface area contributed by atoms with Crippen LogP contribution < -0.4 is 0 Å². The Bertz CT molecular complexity index is 570. The van der Waals surface area contributed by atoms with Crippen LogP contribution in [-0.4, -0.2) is 4.98 Å². The van der Waals surface area contributed by atoms with Gasteiger partial charge >= 0.3 is 0 Å². The molecule has 15 heavy (non-hydrogen) atoms. The van der Waals surface area contributed by atoms with E-state index in [1.54, 1.807) is 22.7 Å². The molecule has 1 nitrogen and oxygen atoms in total. The molecule has 0 aliphatic heterocycles. The summed E-state index contributed by atoms with van der Waals surface area (Å²) in [6, 6.07) is 4.23. The van der Waals surface area contributed by atoms with E-state index in [0.29, 0.717) is 5.92 Å². The van der Waals surface area contributed by atoms with E-state index in [4.69, 9.17) is 0 Å². The molecule has 3 aromatic rings. The van der Waals surface area contributed by atoms with Crippen molar-refractivity contribution in [2.24, 2.45) is 0 Å². The standard InChI is InChI=1S/C12H11NS2/c1-7(2)10-11-8(3-5-14-11)13-9-4-6-15-12(9)10/h3-7H,1-2H3. The monoisotopic (exact) mass is 233 g/mol. The van der Waals surface area contributed by atoms with Crippen molar-refractivity contribution in [3.8, 4) is 0 Å². The average molecular weight is 233 g/mol. The molecule has 0 radical (unpaired) electrons. The maximum atomic E-state index is 4.66. The molecule has 0 aliphatic carbocycles. The van der Waals surface area contributed by atoms with Crippen molar-refractivity contribution >= 4 is 43.1 Å². The summed E-state index contributed by atoms with van der Waals surface area (Å²) in [5.41, 5.74) is 3.77. The van der Waals surface area contributed by atoms with E-state index in [-0.39, 0.29) is 0 Å². The SMILES string of the molecule is CC(C)c1c2sccc2nc2ccsc12. The van der Waals surface area contributed by atoms with Crippen LogP contribution in [0.5, 0.6) is 0 Å². The third-order valence-corrected chi connectivity index (χ3v) is 4.47. The van der Waals surface area contributed by atoms with Crippen LogP contribution in [-0.2, 0) is 0 Å². The highest BCUT2D eigenvalue weighted by molar-refractivity contribution is 7.19. The van der Waals surface area contributed by atoms with E-state index in [1.165, 1.54) is 15.0 Å². The van der Waals surface area contributed by atoms with Crippen LogP contribution >= 0.6 is 22.7 Å². The smallest absolute Gasteiger partial charge is 0.0820 e. The predicted octanol–water partition coefficient (Wildman–Crippen LogP) is 4.63. The minimum atomic E-state index is 0.565. The van der Waals surface area contributed by atoms with Gasteiger partial charge in [0, 0.05) is 0 Å². The Kier molecular flexibility index (Phi) is 2.04. The fraction of sp³-hybridized carbons (Fsp3) is 0.250. The van der Waals surface area contributed by atoms with E-state index < -0.39 is 0 Å². The Morgan fingerprint density at radius 1 is 1.00 bits per heavy atom. The number of rotatable bonds is 1. The Morgan fingerprint density at radius 2 is 1.53 bits per heavy atom. The number of pyridine rings is 1. The Balaban J connectivity index is 2.56. The summed E-state index contributed by atoms with van der Waals surface area (Å²) in [5.74, 6) is 0.565. The van der Waals surface area contributed by atoms with Crippen LogP contribution in [0.1, 0.15) is 25.3 Å². The van der Waals surface area contributed by atoms with Gasteiger partial charge in [0.15, 0.2) is 0 Å². The fourth-order valence-corrected chi connectivity index (χ4v) is 4.07. The predicted molar refractivity (Wildman–Crippen MR) is 69.1 cm³/mol. The summed E-state index contributed by atoms with van der Waals surface area (Å²) in [7, 11) is 0.